The largest absolute Gasteiger partial charge is 0.489 e. The van der Waals surface area contributed by atoms with Crippen molar-refractivity contribution in [3.63, 3.8) is 0 Å². The van der Waals surface area contributed by atoms with Crippen LogP contribution in [0.2, 0.25) is 0 Å². The van der Waals surface area contributed by atoms with Crippen molar-refractivity contribution in [2.45, 2.75) is 13.0 Å². The first-order valence-electron chi connectivity index (χ1n) is 7.95. The smallest absolute Gasteiger partial charge is 0.238 e. The summed E-state index contributed by atoms with van der Waals surface area (Å²) in [4.78, 5) is 0. The van der Waals surface area contributed by atoms with E-state index in [-0.39, 0.29) is 0 Å². The first-order chi connectivity index (χ1) is 11.8. The molecule has 0 fully saturated rings. The maximum atomic E-state index is 8.67. The van der Waals surface area contributed by atoms with Gasteiger partial charge >= 0.3 is 0 Å². The summed E-state index contributed by atoms with van der Waals surface area (Å²) >= 11 is 0. The van der Waals surface area contributed by atoms with Gasteiger partial charge in [0.05, 0.1) is 19.0 Å². The number of nitriles is 1. The maximum absolute atomic E-state index is 8.67. The van der Waals surface area contributed by atoms with E-state index in [2.05, 4.69) is 11.2 Å². The molecule has 2 aromatic carbocycles. The van der Waals surface area contributed by atoms with Crippen molar-refractivity contribution in [1.29, 1.82) is 5.26 Å². The van der Waals surface area contributed by atoms with Gasteiger partial charge in [-0.15, -0.1) is 5.10 Å². The van der Waals surface area contributed by atoms with Crippen molar-refractivity contribution >= 4 is 5.90 Å². The van der Waals surface area contributed by atoms with Crippen molar-refractivity contribution in [3.8, 4) is 11.8 Å². The molecule has 0 atom stereocenters. The molecule has 1 aliphatic rings. The average molecular weight is 321 g/mol. The number of benzene rings is 2. The Hall–Kier alpha value is -3.00. The summed E-state index contributed by atoms with van der Waals surface area (Å²) in [7, 11) is 0. The van der Waals surface area contributed by atoms with E-state index in [0.29, 0.717) is 38.6 Å². The molecular weight excluding hydrogens is 302 g/mol. The molecule has 0 unspecified atom stereocenters. The van der Waals surface area contributed by atoms with Crippen molar-refractivity contribution in [2.75, 3.05) is 19.7 Å². The maximum Gasteiger partial charge on any atom is 0.238 e. The van der Waals surface area contributed by atoms with Gasteiger partial charge in [0, 0.05) is 12.1 Å². The van der Waals surface area contributed by atoms with Crippen LogP contribution in [0.15, 0.2) is 59.7 Å². The van der Waals surface area contributed by atoms with E-state index in [9.17, 15) is 0 Å². The third-order valence-corrected chi connectivity index (χ3v) is 3.65. The zero-order valence-electron chi connectivity index (χ0n) is 13.4. The molecule has 122 valence electrons. The molecule has 0 bridgehead atoms. The molecule has 3 rings (SSSR count). The lowest BCUT2D eigenvalue weighted by Gasteiger charge is -2.24. The van der Waals surface area contributed by atoms with Crippen molar-refractivity contribution in [3.05, 3.63) is 65.7 Å². The summed E-state index contributed by atoms with van der Waals surface area (Å²) in [5.41, 5.74) is 2.04. The lowest BCUT2D eigenvalue weighted by Crippen LogP contribution is -2.31. The molecule has 0 aromatic heterocycles. The summed E-state index contributed by atoms with van der Waals surface area (Å²) in [5, 5.41) is 15.0. The van der Waals surface area contributed by atoms with Crippen LogP contribution in [0.5, 0.6) is 5.75 Å². The summed E-state index contributed by atoms with van der Waals surface area (Å²) in [6.07, 6.45) is 0.461. The minimum atomic E-state index is 0.461. The second kappa shape index (κ2) is 8.02. The molecule has 0 radical (unpaired) electrons. The molecule has 1 aliphatic heterocycles. The van der Waals surface area contributed by atoms with Crippen LogP contribution in [0, 0.1) is 11.3 Å². The quantitative estimate of drug-likeness (QED) is 0.820. The standard InChI is InChI=1S/C19H19N3O2/c20-11-4-12-22-13-14-23-19(21-22)17-7-9-18(10-8-17)24-15-16-5-2-1-3-6-16/h1-3,5-10H,4,12-15H2. The Bertz CT molecular complexity index is 721. The summed E-state index contributed by atoms with van der Waals surface area (Å²) in [6.45, 7) is 2.46. The SMILES string of the molecule is N#CCCN1CCOC(c2ccc(OCc3ccccc3)cc2)=N1. The monoisotopic (exact) mass is 321 g/mol. The minimum absolute atomic E-state index is 0.461. The van der Waals surface area contributed by atoms with Gasteiger partial charge in [-0.25, -0.2) is 0 Å². The van der Waals surface area contributed by atoms with Gasteiger partial charge in [0.2, 0.25) is 5.90 Å². The normalized spacial score (nSPS) is 13.6. The highest BCUT2D eigenvalue weighted by Gasteiger charge is 2.14. The molecular formula is C19H19N3O2. The van der Waals surface area contributed by atoms with E-state index >= 15 is 0 Å². The van der Waals surface area contributed by atoms with Crippen LogP contribution in [0.4, 0.5) is 0 Å². The van der Waals surface area contributed by atoms with Gasteiger partial charge in [0.25, 0.3) is 0 Å². The van der Waals surface area contributed by atoms with Gasteiger partial charge in [-0.1, -0.05) is 30.3 Å². The van der Waals surface area contributed by atoms with E-state index in [1.807, 2.05) is 59.6 Å². The Morgan fingerprint density at radius 1 is 1.12 bits per heavy atom. The molecule has 0 saturated carbocycles. The van der Waals surface area contributed by atoms with Crippen LogP contribution in [-0.2, 0) is 11.3 Å². The van der Waals surface area contributed by atoms with Gasteiger partial charge in [-0.3, -0.25) is 5.01 Å². The number of hydrogen-bond donors (Lipinski definition) is 0. The molecule has 0 amide bonds. The number of ether oxygens (including phenoxy) is 2. The zero-order chi connectivity index (χ0) is 16.6. The average Bonchev–Trinajstić information content (AvgIpc) is 2.66. The molecule has 5 heteroatoms. The van der Waals surface area contributed by atoms with Crippen molar-refractivity contribution in [2.24, 2.45) is 5.10 Å². The highest BCUT2D eigenvalue weighted by atomic mass is 16.5. The van der Waals surface area contributed by atoms with E-state index in [1.54, 1.807) is 0 Å². The highest BCUT2D eigenvalue weighted by Crippen LogP contribution is 2.16. The van der Waals surface area contributed by atoms with Gasteiger partial charge in [0.15, 0.2) is 0 Å². The highest BCUT2D eigenvalue weighted by molar-refractivity contribution is 5.94. The van der Waals surface area contributed by atoms with Crippen molar-refractivity contribution in [1.82, 2.24) is 5.01 Å². The van der Waals surface area contributed by atoms with E-state index < -0.39 is 0 Å². The van der Waals surface area contributed by atoms with Crippen LogP contribution < -0.4 is 4.74 Å². The number of hydrogen-bond acceptors (Lipinski definition) is 5. The summed E-state index contributed by atoms with van der Waals surface area (Å²) < 4.78 is 11.4. The van der Waals surface area contributed by atoms with Gasteiger partial charge in [-0.05, 0) is 29.8 Å². The second-order valence-corrected chi connectivity index (χ2v) is 5.41. The fourth-order valence-electron chi connectivity index (χ4n) is 2.37. The Balaban J connectivity index is 1.61. The molecule has 5 nitrogen and oxygen atoms in total. The van der Waals surface area contributed by atoms with Crippen LogP contribution in [0.3, 0.4) is 0 Å². The summed E-state index contributed by atoms with van der Waals surface area (Å²) in [6, 6.07) is 19.9. The Labute approximate surface area is 141 Å². The number of hydrazone groups is 1. The Kier molecular flexibility index (Phi) is 5.31. The van der Waals surface area contributed by atoms with Crippen LogP contribution in [0.25, 0.3) is 0 Å². The van der Waals surface area contributed by atoms with E-state index in [4.69, 9.17) is 14.7 Å². The predicted octanol–water partition coefficient (Wildman–Crippen LogP) is 3.17. The van der Waals surface area contributed by atoms with Gasteiger partial charge in [-0.2, -0.15) is 5.26 Å². The fraction of sp³-hybridized carbons (Fsp3) is 0.263. The van der Waals surface area contributed by atoms with Gasteiger partial charge < -0.3 is 9.47 Å². The fourth-order valence-corrected chi connectivity index (χ4v) is 2.37. The third kappa shape index (κ3) is 4.26. The van der Waals surface area contributed by atoms with Gasteiger partial charge in [0.1, 0.15) is 19.0 Å². The lowest BCUT2D eigenvalue weighted by atomic mass is 10.2. The number of rotatable bonds is 6. The molecule has 1 heterocycles. The number of nitrogens with zero attached hydrogens (tertiary/aromatic N) is 3. The van der Waals surface area contributed by atoms with Crippen molar-refractivity contribution < 1.29 is 9.47 Å². The summed E-state index contributed by atoms with van der Waals surface area (Å²) in [5.74, 6) is 1.40. The van der Waals surface area contributed by atoms with Crippen LogP contribution in [0.1, 0.15) is 17.5 Å². The van der Waals surface area contributed by atoms with E-state index in [0.717, 1.165) is 16.9 Å². The molecule has 0 spiro atoms. The lowest BCUT2D eigenvalue weighted by molar-refractivity contribution is 0.169. The first kappa shape index (κ1) is 15.9. The van der Waals surface area contributed by atoms with Crippen LogP contribution in [-0.4, -0.2) is 30.6 Å². The topological polar surface area (TPSA) is 57.9 Å². The van der Waals surface area contributed by atoms with E-state index in [1.165, 1.54) is 0 Å². The molecule has 0 N–H and O–H groups in total. The molecule has 0 aliphatic carbocycles. The Morgan fingerprint density at radius 3 is 2.67 bits per heavy atom. The third-order valence-electron chi connectivity index (χ3n) is 3.65. The zero-order valence-corrected chi connectivity index (χ0v) is 13.4. The predicted molar refractivity (Wildman–Crippen MR) is 91.5 cm³/mol. The molecule has 2 aromatic rings. The second-order valence-electron chi connectivity index (χ2n) is 5.41. The Morgan fingerprint density at radius 2 is 1.92 bits per heavy atom. The minimum Gasteiger partial charge on any atom is -0.489 e. The molecule has 24 heavy (non-hydrogen) atoms. The first-order valence-corrected chi connectivity index (χ1v) is 7.95. The molecule has 0 saturated heterocycles. The van der Waals surface area contributed by atoms with Crippen LogP contribution >= 0.6 is 0 Å².